The molecule has 1 amide bonds. The molecule has 1 fully saturated rings. The molecule has 0 spiro atoms. The van der Waals surface area contributed by atoms with Crippen molar-refractivity contribution in [1.82, 2.24) is 19.7 Å². The van der Waals surface area contributed by atoms with Crippen LogP contribution in [0.1, 0.15) is 48.6 Å². The first kappa shape index (κ1) is 15.6. The fraction of sp³-hybridized carbons (Fsp3) is 0.529. The van der Waals surface area contributed by atoms with E-state index in [0.717, 1.165) is 17.1 Å². The number of aromatic nitrogens is 4. The number of anilines is 1. The van der Waals surface area contributed by atoms with Crippen molar-refractivity contribution in [1.29, 1.82) is 0 Å². The lowest BCUT2D eigenvalue weighted by atomic mass is 9.84. The Labute approximate surface area is 145 Å². The number of carbonyl (C=O) groups is 1. The second-order valence-electron chi connectivity index (χ2n) is 6.49. The highest BCUT2D eigenvalue weighted by molar-refractivity contribution is 8.00. The smallest absolute Gasteiger partial charge is 0.252 e. The monoisotopic (exact) mass is 343 g/mol. The molecule has 6 nitrogen and oxygen atoms in total. The number of nitrogens with one attached hydrogen (secondary N) is 1. The van der Waals surface area contributed by atoms with Crippen LogP contribution in [0.4, 0.5) is 5.82 Å². The van der Waals surface area contributed by atoms with Crippen LogP contribution in [0.3, 0.4) is 0 Å². The van der Waals surface area contributed by atoms with Crippen LogP contribution in [0.5, 0.6) is 0 Å². The van der Waals surface area contributed by atoms with Gasteiger partial charge in [0, 0.05) is 23.2 Å². The molecule has 2 aliphatic rings. The van der Waals surface area contributed by atoms with Crippen LogP contribution in [0.15, 0.2) is 18.5 Å². The summed E-state index contributed by atoms with van der Waals surface area (Å²) in [7, 11) is 0. The molecule has 126 valence electrons. The quantitative estimate of drug-likeness (QED) is 0.906. The molecule has 3 heterocycles. The van der Waals surface area contributed by atoms with E-state index in [1.54, 1.807) is 34.9 Å². The third-order valence-electron chi connectivity index (χ3n) is 4.86. The van der Waals surface area contributed by atoms with Gasteiger partial charge >= 0.3 is 0 Å². The fourth-order valence-electron chi connectivity index (χ4n) is 3.77. The Kier molecular flexibility index (Phi) is 4.26. The highest BCUT2D eigenvalue weighted by atomic mass is 32.2. The summed E-state index contributed by atoms with van der Waals surface area (Å²) in [6.45, 7) is 2.02. The number of thioether (sulfide) groups is 1. The molecular weight excluding hydrogens is 322 g/mol. The van der Waals surface area contributed by atoms with Crippen LogP contribution in [0.2, 0.25) is 0 Å². The molecule has 0 aromatic carbocycles. The molecule has 4 rings (SSSR count). The highest BCUT2D eigenvalue weighted by Gasteiger charge is 2.35. The first-order valence-electron chi connectivity index (χ1n) is 8.52. The molecule has 7 heteroatoms. The van der Waals surface area contributed by atoms with Crippen LogP contribution in [-0.2, 0) is 4.79 Å². The van der Waals surface area contributed by atoms with E-state index in [1.165, 1.54) is 32.1 Å². The zero-order valence-corrected chi connectivity index (χ0v) is 14.6. The summed E-state index contributed by atoms with van der Waals surface area (Å²) < 4.78 is 1.68. The molecule has 0 bridgehead atoms. The van der Waals surface area contributed by atoms with Gasteiger partial charge < -0.3 is 5.32 Å². The van der Waals surface area contributed by atoms with Crippen molar-refractivity contribution in [2.75, 3.05) is 11.1 Å². The normalized spacial score (nSPS) is 21.9. The number of hydrogen-bond donors (Lipinski definition) is 1. The van der Waals surface area contributed by atoms with Crippen LogP contribution >= 0.6 is 11.8 Å². The lowest BCUT2D eigenvalue weighted by molar-refractivity contribution is -0.113. The summed E-state index contributed by atoms with van der Waals surface area (Å²) in [6.07, 6.45) is 9.75. The molecule has 2 aromatic rings. The second-order valence-corrected chi connectivity index (χ2v) is 7.62. The van der Waals surface area contributed by atoms with Crippen molar-refractivity contribution < 1.29 is 4.79 Å². The van der Waals surface area contributed by atoms with Crippen LogP contribution in [0.25, 0.3) is 5.95 Å². The SMILES string of the molecule is Cc1nn(-c2ncccn2)c2c1[C@H](C1CCCCC1)SCC(=O)N2. The Hall–Kier alpha value is -1.89. The Morgan fingerprint density at radius 1 is 1.21 bits per heavy atom. The van der Waals surface area contributed by atoms with Crippen molar-refractivity contribution in [2.45, 2.75) is 44.3 Å². The molecule has 1 saturated carbocycles. The summed E-state index contributed by atoms with van der Waals surface area (Å²) in [5, 5.41) is 8.00. The lowest BCUT2D eigenvalue weighted by Gasteiger charge is -2.29. The van der Waals surface area contributed by atoms with Gasteiger partial charge in [-0.3, -0.25) is 4.79 Å². The fourth-order valence-corrected chi connectivity index (χ4v) is 5.17. The van der Waals surface area contributed by atoms with E-state index in [1.807, 2.05) is 6.92 Å². The first-order valence-corrected chi connectivity index (χ1v) is 9.57. The number of aryl methyl sites for hydroxylation is 1. The second kappa shape index (κ2) is 6.55. The molecule has 24 heavy (non-hydrogen) atoms. The minimum absolute atomic E-state index is 0.0247. The summed E-state index contributed by atoms with van der Waals surface area (Å²) >= 11 is 1.76. The minimum Gasteiger partial charge on any atom is -0.309 e. The van der Waals surface area contributed by atoms with Gasteiger partial charge in [0.2, 0.25) is 5.91 Å². The standard InChI is InChI=1S/C17H21N5OS/c1-11-14-15(12-6-3-2-4-7-12)24-10-13(23)20-16(14)22(21-11)17-18-8-5-9-19-17/h5,8-9,12,15H,2-4,6-7,10H2,1H3,(H,20,23)/t15-/m0/s1. The Morgan fingerprint density at radius 3 is 2.71 bits per heavy atom. The molecule has 1 aliphatic carbocycles. The van der Waals surface area contributed by atoms with Gasteiger partial charge in [0.05, 0.1) is 11.4 Å². The Balaban J connectivity index is 1.80. The average molecular weight is 343 g/mol. The number of rotatable bonds is 2. The van der Waals surface area contributed by atoms with Crippen LogP contribution in [0, 0.1) is 12.8 Å². The molecule has 0 saturated heterocycles. The summed E-state index contributed by atoms with van der Waals surface area (Å²) in [5.74, 6) is 2.38. The van der Waals surface area contributed by atoms with Gasteiger partial charge in [-0.15, -0.1) is 11.8 Å². The number of nitrogens with zero attached hydrogens (tertiary/aromatic N) is 4. The number of fused-ring (bicyclic) bond motifs is 1. The maximum atomic E-state index is 12.3. The van der Waals surface area contributed by atoms with Gasteiger partial charge in [-0.2, -0.15) is 9.78 Å². The van der Waals surface area contributed by atoms with Crippen molar-refractivity contribution in [2.24, 2.45) is 5.92 Å². The minimum atomic E-state index is 0.0247. The zero-order valence-electron chi connectivity index (χ0n) is 13.7. The molecule has 2 aromatic heterocycles. The van der Waals surface area contributed by atoms with E-state index in [0.29, 0.717) is 22.9 Å². The summed E-state index contributed by atoms with van der Waals surface area (Å²) in [5.41, 5.74) is 2.12. The number of amides is 1. The Morgan fingerprint density at radius 2 is 1.96 bits per heavy atom. The van der Waals surface area contributed by atoms with E-state index in [9.17, 15) is 4.79 Å². The largest absolute Gasteiger partial charge is 0.309 e. The third kappa shape index (κ3) is 2.81. The van der Waals surface area contributed by atoms with E-state index in [-0.39, 0.29) is 5.91 Å². The predicted molar refractivity (Wildman–Crippen MR) is 94.3 cm³/mol. The van der Waals surface area contributed by atoms with Crippen molar-refractivity contribution in [3.8, 4) is 5.95 Å². The summed E-state index contributed by atoms with van der Waals surface area (Å²) in [6, 6.07) is 1.78. The highest BCUT2D eigenvalue weighted by Crippen LogP contribution is 2.48. The predicted octanol–water partition coefficient (Wildman–Crippen LogP) is 3.28. The number of hydrogen-bond acceptors (Lipinski definition) is 5. The molecule has 1 N–H and O–H groups in total. The van der Waals surface area contributed by atoms with Crippen LogP contribution in [-0.4, -0.2) is 31.4 Å². The van der Waals surface area contributed by atoms with Gasteiger partial charge in [-0.05, 0) is 31.7 Å². The molecule has 0 unspecified atom stereocenters. The van der Waals surface area contributed by atoms with E-state index < -0.39 is 0 Å². The van der Waals surface area contributed by atoms with Crippen LogP contribution < -0.4 is 5.32 Å². The molecular formula is C17H21N5OS. The average Bonchev–Trinajstić information content (AvgIpc) is 2.83. The van der Waals surface area contributed by atoms with Gasteiger partial charge in [-0.1, -0.05) is 19.3 Å². The van der Waals surface area contributed by atoms with Crippen molar-refractivity contribution >= 4 is 23.5 Å². The molecule has 0 radical (unpaired) electrons. The first-order chi connectivity index (χ1) is 11.7. The Bertz CT molecular complexity index is 739. The van der Waals surface area contributed by atoms with Gasteiger partial charge in [-0.25, -0.2) is 9.97 Å². The topological polar surface area (TPSA) is 72.7 Å². The van der Waals surface area contributed by atoms with Crippen molar-refractivity contribution in [3.63, 3.8) is 0 Å². The maximum absolute atomic E-state index is 12.3. The van der Waals surface area contributed by atoms with E-state index >= 15 is 0 Å². The van der Waals surface area contributed by atoms with Gasteiger partial charge in [0.1, 0.15) is 5.82 Å². The van der Waals surface area contributed by atoms with Gasteiger partial charge in [0.25, 0.3) is 5.95 Å². The van der Waals surface area contributed by atoms with Gasteiger partial charge in [0.15, 0.2) is 0 Å². The lowest BCUT2D eigenvalue weighted by Crippen LogP contribution is -2.16. The van der Waals surface area contributed by atoms with Crippen molar-refractivity contribution in [3.05, 3.63) is 29.7 Å². The molecule has 1 atom stereocenters. The maximum Gasteiger partial charge on any atom is 0.252 e. The third-order valence-corrected chi connectivity index (χ3v) is 6.27. The number of carbonyl (C=O) groups excluding carboxylic acids is 1. The van der Waals surface area contributed by atoms with E-state index in [4.69, 9.17) is 0 Å². The summed E-state index contributed by atoms with van der Waals surface area (Å²) in [4.78, 5) is 20.8. The van der Waals surface area contributed by atoms with E-state index in [2.05, 4.69) is 20.4 Å². The zero-order chi connectivity index (χ0) is 16.5. The molecule has 1 aliphatic heterocycles.